The molecule has 0 aromatic heterocycles. The maximum atomic E-state index is 11.5. The second-order valence-electron chi connectivity index (χ2n) is 5.60. The highest BCUT2D eigenvalue weighted by molar-refractivity contribution is 5.77. The zero-order valence-corrected chi connectivity index (χ0v) is 11.7. The van der Waals surface area contributed by atoms with Crippen molar-refractivity contribution in [3.05, 3.63) is 0 Å². The van der Waals surface area contributed by atoms with Gasteiger partial charge in [0.25, 0.3) is 0 Å². The topological polar surface area (TPSA) is 66.8 Å². The van der Waals surface area contributed by atoms with Crippen LogP contribution in [0, 0.1) is 5.92 Å². The molecule has 4 nitrogen and oxygen atoms in total. The number of aliphatic hydroxyl groups excluding tert-OH is 1. The summed E-state index contributed by atoms with van der Waals surface area (Å²) in [5.41, 5.74) is -1.08. The van der Waals surface area contributed by atoms with Crippen LogP contribution in [0.4, 0.5) is 0 Å². The van der Waals surface area contributed by atoms with Crippen molar-refractivity contribution in [3.63, 3.8) is 0 Å². The van der Waals surface area contributed by atoms with Crippen LogP contribution in [-0.4, -0.2) is 34.0 Å². The second kappa shape index (κ2) is 6.53. The van der Waals surface area contributed by atoms with Crippen molar-refractivity contribution in [1.29, 1.82) is 0 Å². The Morgan fingerprint density at radius 1 is 1.39 bits per heavy atom. The Morgan fingerprint density at radius 3 is 2.33 bits per heavy atom. The molecule has 2 atom stereocenters. The third kappa shape index (κ3) is 3.69. The number of ether oxygens (including phenoxy) is 1. The molecule has 2 unspecified atom stereocenters. The van der Waals surface area contributed by atoms with Gasteiger partial charge >= 0.3 is 5.97 Å². The summed E-state index contributed by atoms with van der Waals surface area (Å²) in [5, 5.41) is 18.9. The van der Waals surface area contributed by atoms with E-state index in [1.165, 1.54) is 6.42 Å². The average Bonchev–Trinajstić information content (AvgIpc) is 2.31. The van der Waals surface area contributed by atoms with Crippen LogP contribution in [0.1, 0.15) is 59.3 Å². The van der Waals surface area contributed by atoms with Gasteiger partial charge in [-0.2, -0.15) is 0 Å². The number of rotatable bonds is 6. The standard InChI is InChI=1S/C14H26O4/c1-4-5-12-6-8-14(9-7-12,13(16)17)18-11(3)10(2)15/h10-12,15H,4-9H2,1-3H3,(H,16,17). The first-order chi connectivity index (χ1) is 8.41. The van der Waals surface area contributed by atoms with Crippen molar-refractivity contribution in [1.82, 2.24) is 0 Å². The molecule has 1 aliphatic carbocycles. The summed E-state index contributed by atoms with van der Waals surface area (Å²) in [6, 6.07) is 0. The van der Waals surface area contributed by atoms with Crippen LogP contribution in [-0.2, 0) is 9.53 Å². The van der Waals surface area contributed by atoms with E-state index in [0.29, 0.717) is 18.8 Å². The third-order valence-electron chi connectivity index (χ3n) is 4.09. The summed E-state index contributed by atoms with van der Waals surface area (Å²) >= 11 is 0. The number of aliphatic hydroxyl groups is 1. The quantitative estimate of drug-likeness (QED) is 0.768. The smallest absolute Gasteiger partial charge is 0.335 e. The van der Waals surface area contributed by atoms with Gasteiger partial charge in [0.05, 0.1) is 12.2 Å². The summed E-state index contributed by atoms with van der Waals surface area (Å²) in [7, 11) is 0. The first-order valence-electron chi connectivity index (χ1n) is 7.00. The Labute approximate surface area is 109 Å². The number of carbonyl (C=O) groups is 1. The van der Waals surface area contributed by atoms with Gasteiger partial charge in [0.1, 0.15) is 0 Å². The van der Waals surface area contributed by atoms with Crippen LogP contribution < -0.4 is 0 Å². The maximum Gasteiger partial charge on any atom is 0.335 e. The van der Waals surface area contributed by atoms with Crippen molar-refractivity contribution in [2.24, 2.45) is 5.92 Å². The molecule has 1 rings (SSSR count). The lowest BCUT2D eigenvalue weighted by Gasteiger charge is -2.39. The monoisotopic (exact) mass is 258 g/mol. The fourth-order valence-electron chi connectivity index (χ4n) is 2.68. The van der Waals surface area contributed by atoms with Crippen LogP contribution >= 0.6 is 0 Å². The molecule has 1 fully saturated rings. The highest BCUT2D eigenvalue weighted by atomic mass is 16.5. The Hall–Kier alpha value is -0.610. The molecule has 0 saturated heterocycles. The third-order valence-corrected chi connectivity index (χ3v) is 4.09. The van der Waals surface area contributed by atoms with Crippen molar-refractivity contribution >= 4 is 5.97 Å². The van der Waals surface area contributed by atoms with E-state index in [2.05, 4.69) is 6.92 Å². The van der Waals surface area contributed by atoms with Gasteiger partial charge in [-0.15, -0.1) is 0 Å². The minimum atomic E-state index is -1.08. The van der Waals surface area contributed by atoms with Crippen molar-refractivity contribution in [2.75, 3.05) is 0 Å². The van der Waals surface area contributed by atoms with E-state index >= 15 is 0 Å². The molecule has 0 aromatic rings. The highest BCUT2D eigenvalue weighted by Crippen LogP contribution is 2.38. The molecule has 2 N–H and O–H groups in total. The molecule has 18 heavy (non-hydrogen) atoms. The lowest BCUT2D eigenvalue weighted by atomic mass is 9.77. The molecule has 0 spiro atoms. The van der Waals surface area contributed by atoms with Gasteiger partial charge < -0.3 is 14.9 Å². The summed E-state index contributed by atoms with van der Waals surface area (Å²) in [6.45, 7) is 5.52. The van der Waals surface area contributed by atoms with E-state index < -0.39 is 23.8 Å². The van der Waals surface area contributed by atoms with Gasteiger partial charge in [-0.3, -0.25) is 0 Å². The predicted molar refractivity (Wildman–Crippen MR) is 69.5 cm³/mol. The van der Waals surface area contributed by atoms with Crippen molar-refractivity contribution in [2.45, 2.75) is 77.1 Å². The molecule has 1 saturated carbocycles. The lowest BCUT2D eigenvalue weighted by Crippen LogP contribution is -2.48. The van der Waals surface area contributed by atoms with Gasteiger partial charge in [-0.25, -0.2) is 4.79 Å². The summed E-state index contributed by atoms with van der Waals surface area (Å²) in [4.78, 5) is 11.5. The number of carboxylic acids is 1. The summed E-state index contributed by atoms with van der Waals surface area (Å²) in [6.07, 6.45) is 4.17. The minimum Gasteiger partial charge on any atom is -0.479 e. The van der Waals surface area contributed by atoms with Crippen LogP contribution in [0.3, 0.4) is 0 Å². The Bertz CT molecular complexity index is 267. The molecule has 106 valence electrons. The molecule has 0 radical (unpaired) electrons. The number of hydrogen-bond donors (Lipinski definition) is 2. The molecule has 1 aliphatic rings. The molecule has 0 heterocycles. The van der Waals surface area contributed by atoms with E-state index in [9.17, 15) is 15.0 Å². The number of carboxylic acid groups (broad SMARTS) is 1. The molecule has 4 heteroatoms. The average molecular weight is 258 g/mol. The fraction of sp³-hybridized carbons (Fsp3) is 0.929. The summed E-state index contributed by atoms with van der Waals surface area (Å²) in [5.74, 6) is -0.252. The van der Waals surface area contributed by atoms with E-state index in [0.717, 1.165) is 19.3 Å². The number of hydrogen-bond acceptors (Lipinski definition) is 3. The second-order valence-corrected chi connectivity index (χ2v) is 5.60. The first-order valence-corrected chi connectivity index (χ1v) is 7.00. The zero-order chi connectivity index (χ0) is 13.8. The summed E-state index contributed by atoms with van der Waals surface area (Å²) < 4.78 is 5.68. The normalized spacial score (nSPS) is 31.9. The molecular weight excluding hydrogens is 232 g/mol. The minimum absolute atomic E-state index is 0.441. The largest absolute Gasteiger partial charge is 0.479 e. The molecule has 0 bridgehead atoms. The van der Waals surface area contributed by atoms with Gasteiger partial charge in [0.15, 0.2) is 5.60 Å². The highest BCUT2D eigenvalue weighted by Gasteiger charge is 2.44. The Kier molecular flexibility index (Phi) is 5.60. The molecule has 0 amide bonds. The van der Waals surface area contributed by atoms with Crippen LogP contribution in [0.5, 0.6) is 0 Å². The fourth-order valence-corrected chi connectivity index (χ4v) is 2.68. The molecule has 0 aliphatic heterocycles. The van der Waals surface area contributed by atoms with E-state index in [1.807, 2.05) is 0 Å². The van der Waals surface area contributed by atoms with Crippen molar-refractivity contribution in [3.8, 4) is 0 Å². The van der Waals surface area contributed by atoms with Crippen molar-refractivity contribution < 1.29 is 19.7 Å². The van der Waals surface area contributed by atoms with Crippen LogP contribution in [0.2, 0.25) is 0 Å². The molecule has 0 aromatic carbocycles. The van der Waals surface area contributed by atoms with Gasteiger partial charge in [0, 0.05) is 0 Å². The zero-order valence-electron chi connectivity index (χ0n) is 11.7. The molecular formula is C14H26O4. The lowest BCUT2D eigenvalue weighted by molar-refractivity contribution is -0.188. The number of aliphatic carboxylic acids is 1. The van der Waals surface area contributed by atoms with Crippen LogP contribution in [0.25, 0.3) is 0 Å². The van der Waals surface area contributed by atoms with E-state index in [-0.39, 0.29) is 0 Å². The van der Waals surface area contributed by atoms with E-state index in [4.69, 9.17) is 4.74 Å². The van der Waals surface area contributed by atoms with Gasteiger partial charge in [-0.05, 0) is 45.4 Å². The maximum absolute atomic E-state index is 11.5. The Balaban J connectivity index is 2.64. The van der Waals surface area contributed by atoms with Crippen LogP contribution in [0.15, 0.2) is 0 Å². The van der Waals surface area contributed by atoms with Gasteiger partial charge in [-0.1, -0.05) is 19.8 Å². The Morgan fingerprint density at radius 2 is 1.94 bits per heavy atom. The predicted octanol–water partition coefficient (Wildman–Crippen LogP) is 2.59. The van der Waals surface area contributed by atoms with E-state index in [1.54, 1.807) is 13.8 Å². The first kappa shape index (κ1) is 15.4. The SMILES string of the molecule is CCCC1CCC(OC(C)C(C)O)(C(=O)O)CC1. The van der Waals surface area contributed by atoms with Gasteiger partial charge in [0.2, 0.25) is 0 Å².